The monoisotopic (exact) mass is 291 g/mol. The molecular weight excluding hydrogens is 274 g/mol. The highest BCUT2D eigenvalue weighted by Gasteiger charge is 2.25. The Hall–Kier alpha value is -1.88. The molecule has 1 heterocycles. The van der Waals surface area contributed by atoms with Gasteiger partial charge in [0.05, 0.1) is 0 Å². The minimum atomic E-state index is -0.996. The van der Waals surface area contributed by atoms with E-state index in [0.717, 1.165) is 10.1 Å². The largest absolute Gasteiger partial charge is 0.480 e. The highest BCUT2D eigenvalue weighted by molar-refractivity contribution is 7.17. The molecule has 2 aromatic rings. The molecule has 20 heavy (non-hydrogen) atoms. The summed E-state index contributed by atoms with van der Waals surface area (Å²) in [6, 6.07) is 6.49. The molecule has 2 rings (SSSR count). The molecule has 0 fully saturated rings. The van der Waals surface area contributed by atoms with Crippen molar-refractivity contribution in [1.82, 2.24) is 5.32 Å². The minimum absolute atomic E-state index is 0.110. The van der Waals surface area contributed by atoms with E-state index in [1.54, 1.807) is 23.5 Å². The summed E-state index contributed by atoms with van der Waals surface area (Å²) in [5.74, 6) is -1.45. The summed E-state index contributed by atoms with van der Waals surface area (Å²) in [7, 11) is 0. The molecule has 1 aromatic heterocycles. The molecule has 0 aliphatic carbocycles. The Bertz CT molecular complexity index is 635. The summed E-state index contributed by atoms with van der Waals surface area (Å²) in [5.41, 5.74) is 0.491. The fourth-order valence-electron chi connectivity index (χ4n) is 2.02. The number of carbonyl (C=O) groups is 2. The maximum Gasteiger partial charge on any atom is 0.326 e. The van der Waals surface area contributed by atoms with Gasteiger partial charge in [0.1, 0.15) is 6.04 Å². The molecule has 0 radical (unpaired) electrons. The Morgan fingerprint density at radius 1 is 1.35 bits per heavy atom. The van der Waals surface area contributed by atoms with Crippen LogP contribution in [-0.2, 0) is 4.79 Å². The summed E-state index contributed by atoms with van der Waals surface area (Å²) in [4.78, 5) is 23.4. The smallest absolute Gasteiger partial charge is 0.326 e. The molecule has 5 heteroatoms. The van der Waals surface area contributed by atoms with Crippen LogP contribution in [0.15, 0.2) is 29.6 Å². The van der Waals surface area contributed by atoms with Gasteiger partial charge < -0.3 is 10.4 Å². The number of hydrogen-bond acceptors (Lipinski definition) is 3. The Labute approximate surface area is 121 Å². The zero-order valence-electron chi connectivity index (χ0n) is 11.4. The number of fused-ring (bicyclic) bond motifs is 1. The summed E-state index contributed by atoms with van der Waals surface area (Å²) in [5, 5.41) is 14.8. The molecule has 0 unspecified atom stereocenters. The van der Waals surface area contributed by atoms with E-state index in [-0.39, 0.29) is 11.8 Å². The van der Waals surface area contributed by atoms with Crippen molar-refractivity contribution in [1.29, 1.82) is 0 Å². The number of amides is 1. The van der Waals surface area contributed by atoms with Crippen molar-refractivity contribution in [2.45, 2.75) is 26.3 Å². The van der Waals surface area contributed by atoms with Crippen LogP contribution in [0.4, 0.5) is 0 Å². The molecular formula is C15H17NO3S. The van der Waals surface area contributed by atoms with Crippen LogP contribution in [0.25, 0.3) is 10.1 Å². The van der Waals surface area contributed by atoms with Crippen molar-refractivity contribution in [2.24, 2.45) is 5.92 Å². The highest BCUT2D eigenvalue weighted by atomic mass is 32.1. The summed E-state index contributed by atoms with van der Waals surface area (Å²) in [6.45, 7) is 3.73. The molecule has 0 saturated carbocycles. The lowest BCUT2D eigenvalue weighted by Crippen LogP contribution is -2.45. The van der Waals surface area contributed by atoms with Gasteiger partial charge in [-0.25, -0.2) is 4.79 Å². The van der Waals surface area contributed by atoms with Gasteiger partial charge in [-0.05, 0) is 40.9 Å². The van der Waals surface area contributed by atoms with Gasteiger partial charge >= 0.3 is 5.97 Å². The van der Waals surface area contributed by atoms with Gasteiger partial charge in [0.2, 0.25) is 0 Å². The lowest BCUT2D eigenvalue weighted by Gasteiger charge is -2.20. The minimum Gasteiger partial charge on any atom is -0.480 e. The van der Waals surface area contributed by atoms with E-state index in [9.17, 15) is 14.7 Å². The first kappa shape index (κ1) is 14.5. The zero-order valence-corrected chi connectivity index (χ0v) is 12.2. The van der Waals surface area contributed by atoms with Crippen LogP contribution in [0.2, 0.25) is 0 Å². The van der Waals surface area contributed by atoms with Crippen LogP contribution in [0.5, 0.6) is 0 Å². The third-order valence-electron chi connectivity index (χ3n) is 3.48. The van der Waals surface area contributed by atoms with Crippen LogP contribution < -0.4 is 5.32 Å². The Morgan fingerprint density at radius 2 is 2.10 bits per heavy atom. The second-order valence-electron chi connectivity index (χ2n) is 4.85. The third-order valence-corrected chi connectivity index (χ3v) is 4.38. The molecule has 0 saturated heterocycles. The molecule has 0 spiro atoms. The number of rotatable bonds is 5. The standard InChI is InChI=1S/C15H17NO3S/c1-3-9(2)13(15(18)19)16-14(17)11-4-5-12-10(8-11)6-7-20-12/h4-9,13H,3H2,1-2H3,(H,16,17)(H,18,19)/t9-,13-/m0/s1. The van der Waals surface area contributed by atoms with Gasteiger partial charge in [0, 0.05) is 10.3 Å². The number of carboxylic acids is 1. The first-order valence-corrected chi connectivity index (χ1v) is 7.41. The van der Waals surface area contributed by atoms with Gasteiger partial charge in [-0.2, -0.15) is 0 Å². The number of hydrogen-bond donors (Lipinski definition) is 2. The van der Waals surface area contributed by atoms with Crippen molar-refractivity contribution in [3.8, 4) is 0 Å². The van der Waals surface area contributed by atoms with Gasteiger partial charge in [-0.3, -0.25) is 4.79 Å². The summed E-state index contributed by atoms with van der Waals surface area (Å²) < 4.78 is 1.11. The second kappa shape index (κ2) is 6.05. The SMILES string of the molecule is CC[C@H](C)[C@H](NC(=O)c1ccc2sccc2c1)C(=O)O. The van der Waals surface area contributed by atoms with Crippen LogP contribution in [0.1, 0.15) is 30.6 Å². The summed E-state index contributed by atoms with van der Waals surface area (Å²) >= 11 is 1.61. The molecule has 1 aromatic carbocycles. The van der Waals surface area contributed by atoms with Crippen LogP contribution >= 0.6 is 11.3 Å². The fourth-order valence-corrected chi connectivity index (χ4v) is 2.79. The maximum atomic E-state index is 12.2. The average Bonchev–Trinajstić information content (AvgIpc) is 2.90. The van der Waals surface area contributed by atoms with Crippen molar-refractivity contribution in [3.05, 3.63) is 35.2 Å². The molecule has 0 bridgehead atoms. The van der Waals surface area contributed by atoms with Crippen molar-refractivity contribution in [2.75, 3.05) is 0 Å². The highest BCUT2D eigenvalue weighted by Crippen LogP contribution is 2.22. The number of thiophene rings is 1. The Balaban J connectivity index is 2.19. The van der Waals surface area contributed by atoms with E-state index in [4.69, 9.17) is 0 Å². The predicted octanol–water partition coefficient (Wildman–Crippen LogP) is 3.13. The normalized spacial score (nSPS) is 13.9. The molecule has 0 aliphatic heterocycles. The number of aliphatic carboxylic acids is 1. The van der Waals surface area contributed by atoms with Crippen molar-refractivity contribution >= 4 is 33.3 Å². The first-order valence-electron chi connectivity index (χ1n) is 6.54. The molecule has 106 valence electrons. The predicted molar refractivity (Wildman–Crippen MR) is 80.2 cm³/mol. The lowest BCUT2D eigenvalue weighted by atomic mass is 9.99. The topological polar surface area (TPSA) is 66.4 Å². The molecule has 4 nitrogen and oxygen atoms in total. The number of benzene rings is 1. The van der Waals surface area contributed by atoms with Gasteiger partial charge in [0.15, 0.2) is 0 Å². The molecule has 2 N–H and O–H groups in total. The summed E-state index contributed by atoms with van der Waals surface area (Å²) in [6.07, 6.45) is 0.695. The van der Waals surface area contributed by atoms with Gasteiger partial charge in [0.25, 0.3) is 5.91 Å². The van der Waals surface area contributed by atoms with Crippen LogP contribution in [0.3, 0.4) is 0 Å². The van der Waals surface area contributed by atoms with E-state index in [0.29, 0.717) is 12.0 Å². The third kappa shape index (κ3) is 2.99. The Kier molecular flexibility index (Phi) is 4.39. The van der Waals surface area contributed by atoms with Crippen LogP contribution in [-0.4, -0.2) is 23.0 Å². The van der Waals surface area contributed by atoms with E-state index in [2.05, 4.69) is 5.32 Å². The van der Waals surface area contributed by atoms with Gasteiger partial charge in [-0.1, -0.05) is 20.3 Å². The lowest BCUT2D eigenvalue weighted by molar-refractivity contribution is -0.140. The first-order chi connectivity index (χ1) is 9.52. The van der Waals surface area contributed by atoms with E-state index >= 15 is 0 Å². The zero-order chi connectivity index (χ0) is 14.7. The fraction of sp³-hybridized carbons (Fsp3) is 0.333. The number of carbonyl (C=O) groups excluding carboxylic acids is 1. The van der Waals surface area contributed by atoms with E-state index in [1.807, 2.05) is 31.4 Å². The quantitative estimate of drug-likeness (QED) is 0.889. The van der Waals surface area contributed by atoms with E-state index < -0.39 is 12.0 Å². The average molecular weight is 291 g/mol. The second-order valence-corrected chi connectivity index (χ2v) is 5.80. The molecule has 1 amide bonds. The van der Waals surface area contributed by atoms with Gasteiger partial charge in [-0.15, -0.1) is 11.3 Å². The molecule has 0 aliphatic rings. The number of nitrogens with one attached hydrogen (secondary N) is 1. The van der Waals surface area contributed by atoms with E-state index in [1.165, 1.54) is 0 Å². The van der Waals surface area contributed by atoms with Crippen LogP contribution in [0, 0.1) is 5.92 Å². The number of carboxylic acid groups (broad SMARTS) is 1. The van der Waals surface area contributed by atoms with Crippen molar-refractivity contribution < 1.29 is 14.7 Å². The molecule has 2 atom stereocenters. The van der Waals surface area contributed by atoms with Crippen molar-refractivity contribution in [3.63, 3.8) is 0 Å². The Morgan fingerprint density at radius 3 is 2.75 bits per heavy atom. The maximum absolute atomic E-state index is 12.2.